The number of aromatic nitrogens is 2. The van der Waals surface area contributed by atoms with Crippen molar-refractivity contribution in [3.8, 4) is 5.75 Å². The van der Waals surface area contributed by atoms with Gasteiger partial charge in [-0.25, -0.2) is 5.43 Å². The summed E-state index contributed by atoms with van der Waals surface area (Å²) in [5, 5.41) is 4.40. The molecule has 21 heavy (non-hydrogen) atoms. The van der Waals surface area contributed by atoms with Gasteiger partial charge in [0.15, 0.2) is 5.75 Å². The molecule has 114 valence electrons. The molecule has 1 unspecified atom stereocenters. The summed E-state index contributed by atoms with van der Waals surface area (Å²) in [6, 6.07) is 5.93. The molecule has 0 aliphatic carbocycles. The fraction of sp³-hybridized carbons (Fsp3) is 0.400. The van der Waals surface area contributed by atoms with E-state index in [1.807, 2.05) is 16.8 Å². The molecule has 3 N–H and O–H groups in total. The quantitative estimate of drug-likeness (QED) is 0.619. The summed E-state index contributed by atoms with van der Waals surface area (Å²) in [4.78, 5) is 0. The molecule has 0 radical (unpaired) electrons. The van der Waals surface area contributed by atoms with E-state index in [9.17, 15) is 0 Å². The normalized spacial score (nSPS) is 12.4. The first-order valence-corrected chi connectivity index (χ1v) is 7.74. The third-order valence-electron chi connectivity index (χ3n) is 3.47. The summed E-state index contributed by atoms with van der Waals surface area (Å²) in [6.45, 7) is 4.99. The second-order valence-electron chi connectivity index (χ2n) is 4.90. The molecule has 1 heterocycles. The summed E-state index contributed by atoms with van der Waals surface area (Å²) in [7, 11) is 1.65. The van der Waals surface area contributed by atoms with Crippen molar-refractivity contribution in [3.63, 3.8) is 0 Å². The van der Waals surface area contributed by atoms with E-state index < -0.39 is 0 Å². The van der Waals surface area contributed by atoms with Crippen molar-refractivity contribution in [2.24, 2.45) is 5.84 Å². The fourth-order valence-electron chi connectivity index (χ4n) is 2.43. The lowest BCUT2D eigenvalue weighted by Gasteiger charge is -2.21. The Bertz CT molecular complexity index is 612. The number of ether oxygens (including phenoxy) is 1. The molecule has 2 aromatic rings. The number of rotatable bonds is 6. The Labute approximate surface area is 133 Å². The number of nitrogens with zero attached hydrogens (tertiary/aromatic N) is 2. The monoisotopic (exact) mass is 352 g/mol. The van der Waals surface area contributed by atoms with Crippen molar-refractivity contribution in [3.05, 3.63) is 45.7 Å². The zero-order valence-electron chi connectivity index (χ0n) is 12.6. The van der Waals surface area contributed by atoms with E-state index in [0.29, 0.717) is 0 Å². The first-order valence-electron chi connectivity index (χ1n) is 6.94. The van der Waals surface area contributed by atoms with Gasteiger partial charge in [0.05, 0.1) is 19.3 Å². The first-order chi connectivity index (χ1) is 10.1. The maximum atomic E-state index is 5.84. The van der Waals surface area contributed by atoms with Crippen LogP contribution in [0.5, 0.6) is 5.75 Å². The molecule has 0 spiro atoms. The highest BCUT2D eigenvalue weighted by atomic mass is 79.9. The number of hydrogen-bond donors (Lipinski definition) is 2. The lowest BCUT2D eigenvalue weighted by Crippen LogP contribution is -2.31. The molecule has 2 rings (SSSR count). The molecule has 0 saturated carbocycles. The van der Waals surface area contributed by atoms with Crippen LogP contribution in [0.25, 0.3) is 0 Å². The van der Waals surface area contributed by atoms with Gasteiger partial charge in [0.25, 0.3) is 0 Å². The van der Waals surface area contributed by atoms with Gasteiger partial charge in [-0.05, 0) is 24.5 Å². The molecule has 0 aliphatic heterocycles. The van der Waals surface area contributed by atoms with Gasteiger partial charge in [-0.3, -0.25) is 10.5 Å². The van der Waals surface area contributed by atoms with Gasteiger partial charge < -0.3 is 4.74 Å². The number of nitrogens with one attached hydrogen (secondary N) is 1. The van der Waals surface area contributed by atoms with Crippen molar-refractivity contribution in [2.75, 3.05) is 7.11 Å². The summed E-state index contributed by atoms with van der Waals surface area (Å²) < 4.78 is 8.44. The third kappa shape index (κ3) is 3.12. The molecule has 1 aromatic carbocycles. The van der Waals surface area contributed by atoms with Crippen LogP contribution in [0.3, 0.4) is 0 Å². The molecule has 0 saturated heterocycles. The van der Waals surface area contributed by atoms with Crippen molar-refractivity contribution >= 4 is 15.9 Å². The van der Waals surface area contributed by atoms with Gasteiger partial charge in [0.2, 0.25) is 0 Å². The minimum Gasteiger partial charge on any atom is -0.493 e. The van der Waals surface area contributed by atoms with E-state index in [1.54, 1.807) is 13.3 Å². The second kappa shape index (κ2) is 7.06. The van der Waals surface area contributed by atoms with Gasteiger partial charge in [-0.15, -0.1) is 0 Å². The van der Waals surface area contributed by atoms with Crippen molar-refractivity contribution in [2.45, 2.75) is 32.9 Å². The third-order valence-corrected chi connectivity index (χ3v) is 4.56. The van der Waals surface area contributed by atoms with E-state index in [0.717, 1.165) is 40.0 Å². The number of aryl methyl sites for hydroxylation is 2. The van der Waals surface area contributed by atoms with Gasteiger partial charge in [0, 0.05) is 11.0 Å². The standard InChI is InChI=1S/C15H21BrN4O/c1-4-8-20-15(12(21-3)9-18-20)14(19-17)11-7-5-6-10(2)13(11)16/h5-7,9,14,19H,4,8,17H2,1-3H3. The Morgan fingerprint density at radius 1 is 1.48 bits per heavy atom. The van der Waals surface area contributed by atoms with Crippen LogP contribution in [0.4, 0.5) is 0 Å². The van der Waals surface area contributed by atoms with E-state index in [1.165, 1.54) is 0 Å². The van der Waals surface area contributed by atoms with Crippen LogP contribution >= 0.6 is 15.9 Å². The summed E-state index contributed by atoms with van der Waals surface area (Å²) in [5.74, 6) is 6.57. The van der Waals surface area contributed by atoms with E-state index in [2.05, 4.69) is 46.4 Å². The average molecular weight is 353 g/mol. The maximum Gasteiger partial charge on any atom is 0.161 e. The topological polar surface area (TPSA) is 65.1 Å². The molecular formula is C15H21BrN4O. The average Bonchev–Trinajstić information content (AvgIpc) is 2.88. The van der Waals surface area contributed by atoms with Gasteiger partial charge in [-0.1, -0.05) is 41.1 Å². The van der Waals surface area contributed by atoms with Crippen LogP contribution in [-0.4, -0.2) is 16.9 Å². The van der Waals surface area contributed by atoms with E-state index in [4.69, 9.17) is 10.6 Å². The van der Waals surface area contributed by atoms with E-state index in [-0.39, 0.29) is 6.04 Å². The SMILES string of the molecule is CCCn1ncc(OC)c1C(NN)c1cccc(C)c1Br. The molecule has 0 amide bonds. The molecule has 1 atom stereocenters. The number of halogens is 1. The number of hydrogen-bond acceptors (Lipinski definition) is 4. The Hall–Kier alpha value is -1.37. The van der Waals surface area contributed by atoms with Gasteiger partial charge in [0.1, 0.15) is 5.69 Å². The zero-order chi connectivity index (χ0) is 15.4. The van der Waals surface area contributed by atoms with Crippen LogP contribution in [0, 0.1) is 6.92 Å². The lowest BCUT2D eigenvalue weighted by molar-refractivity contribution is 0.398. The van der Waals surface area contributed by atoms with Crippen molar-refractivity contribution in [1.82, 2.24) is 15.2 Å². The second-order valence-corrected chi connectivity index (χ2v) is 5.69. The zero-order valence-corrected chi connectivity index (χ0v) is 14.1. The molecule has 0 aliphatic rings. The molecule has 5 nitrogen and oxygen atoms in total. The summed E-state index contributed by atoms with van der Waals surface area (Å²) in [5.41, 5.74) is 6.05. The highest BCUT2D eigenvalue weighted by Gasteiger charge is 2.24. The molecular weight excluding hydrogens is 332 g/mol. The molecule has 0 fully saturated rings. The van der Waals surface area contributed by atoms with Crippen LogP contribution in [0.2, 0.25) is 0 Å². The molecule has 6 heteroatoms. The maximum absolute atomic E-state index is 5.84. The van der Waals surface area contributed by atoms with E-state index >= 15 is 0 Å². The van der Waals surface area contributed by atoms with Gasteiger partial charge >= 0.3 is 0 Å². The highest BCUT2D eigenvalue weighted by Crippen LogP contribution is 2.34. The number of benzene rings is 1. The smallest absolute Gasteiger partial charge is 0.161 e. The Morgan fingerprint density at radius 2 is 2.24 bits per heavy atom. The number of nitrogens with two attached hydrogens (primary N) is 1. The lowest BCUT2D eigenvalue weighted by atomic mass is 10.0. The number of hydrazine groups is 1. The number of methoxy groups -OCH3 is 1. The molecule has 1 aromatic heterocycles. The van der Waals surface area contributed by atoms with Crippen molar-refractivity contribution < 1.29 is 4.74 Å². The highest BCUT2D eigenvalue weighted by molar-refractivity contribution is 9.10. The van der Waals surface area contributed by atoms with Crippen LogP contribution in [0.15, 0.2) is 28.9 Å². The predicted octanol–water partition coefficient (Wildman–Crippen LogP) is 2.93. The summed E-state index contributed by atoms with van der Waals surface area (Å²) in [6.07, 6.45) is 2.73. The van der Waals surface area contributed by atoms with Gasteiger partial charge in [-0.2, -0.15) is 5.10 Å². The molecule has 0 bridgehead atoms. The fourth-order valence-corrected chi connectivity index (χ4v) is 2.92. The predicted molar refractivity (Wildman–Crippen MR) is 87.1 cm³/mol. The first kappa shape index (κ1) is 16.0. The Kier molecular flexibility index (Phi) is 5.39. The Balaban J connectivity index is 2.55. The van der Waals surface area contributed by atoms with Crippen molar-refractivity contribution in [1.29, 1.82) is 0 Å². The Morgan fingerprint density at radius 3 is 2.86 bits per heavy atom. The minimum atomic E-state index is -0.191. The minimum absolute atomic E-state index is 0.191. The largest absolute Gasteiger partial charge is 0.493 e. The van der Waals surface area contributed by atoms with Crippen LogP contribution in [-0.2, 0) is 6.54 Å². The van der Waals surface area contributed by atoms with Crippen LogP contribution < -0.4 is 16.0 Å². The van der Waals surface area contributed by atoms with Crippen LogP contribution in [0.1, 0.15) is 36.2 Å². The summed E-state index contributed by atoms with van der Waals surface area (Å²) >= 11 is 3.65.